The van der Waals surface area contributed by atoms with Gasteiger partial charge in [-0.1, -0.05) is 45.4 Å². The predicted molar refractivity (Wildman–Crippen MR) is 214 cm³/mol. The van der Waals surface area contributed by atoms with Crippen molar-refractivity contribution in [2.45, 2.75) is 80.0 Å². The van der Waals surface area contributed by atoms with E-state index in [2.05, 4.69) is 0 Å². The summed E-state index contributed by atoms with van der Waals surface area (Å²) in [5.74, 6) is -0.408. The topological polar surface area (TPSA) is 242 Å². The van der Waals surface area contributed by atoms with Crippen molar-refractivity contribution in [3.63, 3.8) is 0 Å². The van der Waals surface area contributed by atoms with Gasteiger partial charge in [-0.3, -0.25) is 18.2 Å². The quantitative estimate of drug-likeness (QED) is 0.126. The van der Waals surface area contributed by atoms with Gasteiger partial charge in [0.05, 0.1) is 27.3 Å². The van der Waals surface area contributed by atoms with Gasteiger partial charge in [-0.15, -0.1) is 0 Å². The Hall–Kier alpha value is -3.47. The fourth-order valence-electron chi connectivity index (χ4n) is 7.40. The van der Waals surface area contributed by atoms with Crippen LogP contribution in [0, 0.1) is 0 Å². The predicted octanol–water partition coefficient (Wildman–Crippen LogP) is 5.56. The Labute approximate surface area is 338 Å². The van der Waals surface area contributed by atoms with Crippen molar-refractivity contribution in [2.75, 3.05) is 41.2 Å². The lowest BCUT2D eigenvalue weighted by Crippen LogP contribution is -2.40. The molecule has 21 heteroatoms. The van der Waals surface area contributed by atoms with E-state index >= 15 is 0 Å². The van der Waals surface area contributed by atoms with Crippen molar-refractivity contribution in [3.05, 3.63) is 94.1 Å². The Morgan fingerprint density at radius 3 is 1.84 bits per heavy atom. The van der Waals surface area contributed by atoms with Gasteiger partial charge in [0.15, 0.2) is 0 Å². The molecule has 3 heterocycles. The third-order valence-electron chi connectivity index (χ3n) is 10.3. The van der Waals surface area contributed by atoms with E-state index in [0.717, 1.165) is 0 Å². The molecule has 0 aromatic heterocycles. The van der Waals surface area contributed by atoms with Crippen molar-refractivity contribution >= 4 is 63.4 Å². The third-order valence-corrected chi connectivity index (χ3v) is 14.0. The molecule has 57 heavy (non-hydrogen) atoms. The van der Waals surface area contributed by atoms with Gasteiger partial charge in [0.25, 0.3) is 40.5 Å². The number of fused-ring (bicyclic) bond motifs is 2. The molecule has 4 N–H and O–H groups in total. The lowest BCUT2D eigenvalue weighted by Gasteiger charge is -2.32. The van der Waals surface area contributed by atoms with Crippen molar-refractivity contribution in [2.24, 2.45) is 0 Å². The molecule has 5 rings (SSSR count). The zero-order valence-electron chi connectivity index (χ0n) is 31.5. The van der Waals surface area contributed by atoms with Gasteiger partial charge in [0.1, 0.15) is 16.6 Å². The minimum atomic E-state index is -4.52. The summed E-state index contributed by atoms with van der Waals surface area (Å²) >= 11 is 6.85. The Morgan fingerprint density at radius 2 is 1.28 bits per heavy atom. The SMILES string of the molecule is CC1(C)/C(=C\C=C2/OCOC(/C=C/C3N(CCCCS(=O)(=O)O)c4ccc(S(=O)(=O)O)cc4C3(C)C)=C2Cl)N(CCCCS(=O)(=O)O)c2ccc(S(=O)(=O)O)cc21. The zero-order valence-corrected chi connectivity index (χ0v) is 35.5. The maximum Gasteiger partial charge on any atom is 0.294 e. The minimum Gasteiger partial charge on any atom is -0.456 e. The first-order valence-corrected chi connectivity index (χ1v) is 24.1. The molecule has 314 valence electrons. The highest BCUT2D eigenvalue weighted by molar-refractivity contribution is 7.86. The largest absolute Gasteiger partial charge is 0.456 e. The molecule has 1 atom stereocenters. The number of halogens is 1. The minimum absolute atomic E-state index is 0.0951. The third kappa shape index (κ3) is 10.2. The van der Waals surface area contributed by atoms with Crippen LogP contribution in [0.3, 0.4) is 0 Å². The number of hydrogen-bond acceptors (Lipinski definition) is 12. The first kappa shape index (κ1) is 44.6. The first-order valence-electron chi connectivity index (χ1n) is 17.7. The molecular formula is C36H45ClN2O14S4. The Balaban J connectivity index is 1.49. The molecule has 3 aliphatic heterocycles. The first-order chi connectivity index (χ1) is 26.2. The fraction of sp³-hybridized carbons (Fsp3) is 0.444. The van der Waals surface area contributed by atoms with Crippen LogP contribution < -0.4 is 9.80 Å². The lowest BCUT2D eigenvalue weighted by molar-refractivity contribution is 0.00629. The van der Waals surface area contributed by atoms with Gasteiger partial charge in [-0.25, -0.2) is 0 Å². The van der Waals surface area contributed by atoms with Gasteiger partial charge in [0.2, 0.25) is 6.79 Å². The lowest BCUT2D eigenvalue weighted by atomic mass is 9.80. The van der Waals surface area contributed by atoms with Crippen molar-refractivity contribution in [3.8, 4) is 0 Å². The Kier molecular flexibility index (Phi) is 12.8. The summed E-state index contributed by atoms with van der Waals surface area (Å²) in [6, 6.07) is 8.02. The van der Waals surface area contributed by atoms with E-state index in [1.165, 1.54) is 24.3 Å². The maximum absolute atomic E-state index is 12.0. The molecule has 0 radical (unpaired) electrons. The summed E-state index contributed by atoms with van der Waals surface area (Å²) in [6.45, 7) is 7.89. The van der Waals surface area contributed by atoms with E-state index in [4.69, 9.17) is 21.1 Å². The Morgan fingerprint density at radius 1 is 0.737 bits per heavy atom. The monoisotopic (exact) mass is 892 g/mol. The number of nitrogens with zero attached hydrogens (tertiary/aromatic N) is 2. The highest BCUT2D eigenvalue weighted by Crippen LogP contribution is 2.49. The van der Waals surface area contributed by atoms with Crippen LogP contribution in [0.25, 0.3) is 0 Å². The molecule has 0 fully saturated rings. The van der Waals surface area contributed by atoms with Crippen LogP contribution in [0.2, 0.25) is 0 Å². The molecule has 0 aliphatic carbocycles. The van der Waals surface area contributed by atoms with Crippen LogP contribution in [-0.2, 0) is 60.8 Å². The number of unbranched alkanes of at least 4 members (excludes halogenated alkanes) is 2. The van der Waals surface area contributed by atoms with Crippen LogP contribution in [0.5, 0.6) is 0 Å². The molecule has 0 amide bonds. The summed E-state index contributed by atoms with van der Waals surface area (Å²) in [7, 11) is -17.4. The summed E-state index contributed by atoms with van der Waals surface area (Å²) in [6.07, 6.45) is 7.84. The normalized spacial score (nSPS) is 21.0. The zero-order chi connectivity index (χ0) is 42.4. The van der Waals surface area contributed by atoms with E-state index in [1.54, 1.807) is 30.4 Å². The van der Waals surface area contributed by atoms with Crippen LogP contribution in [0.1, 0.15) is 64.5 Å². The number of anilines is 2. The number of benzene rings is 2. The van der Waals surface area contributed by atoms with Crippen molar-refractivity contribution < 1.29 is 61.4 Å². The molecule has 0 saturated heterocycles. The van der Waals surface area contributed by atoms with Crippen molar-refractivity contribution in [1.82, 2.24) is 0 Å². The van der Waals surface area contributed by atoms with E-state index in [9.17, 15) is 51.9 Å². The van der Waals surface area contributed by atoms with E-state index < -0.39 is 68.9 Å². The second-order valence-electron chi connectivity index (χ2n) is 15.0. The highest BCUT2D eigenvalue weighted by Gasteiger charge is 2.44. The van der Waals surface area contributed by atoms with E-state index in [1.807, 2.05) is 43.6 Å². The van der Waals surface area contributed by atoms with Gasteiger partial charge >= 0.3 is 0 Å². The molecule has 1 unspecified atom stereocenters. The number of hydrogen-bond donors (Lipinski definition) is 4. The molecule has 0 saturated carbocycles. The number of allylic oxidation sites excluding steroid dienone is 5. The summed E-state index contributed by atoms with van der Waals surface area (Å²) in [5.41, 5.74) is 1.59. The molecule has 0 bridgehead atoms. The van der Waals surface area contributed by atoms with Gasteiger partial charge in [-0.2, -0.15) is 33.7 Å². The standard InChI is InChI=1S/C36H45ClN2O14S4/c1-35(2)26-21-24(56(46,47)48)9-11-28(26)38(17-5-7-19-54(40,41)42)32(35)15-13-30-34(37)31(53-23-52-30)14-16-33-36(3,4)27-22-25(57(49,50)51)10-12-29(27)39(33)18-6-8-20-55(43,44)45/h9-16,21-22,32H,5-8,17-20,23H2,1-4H3,(H,40,41,42)(H,43,44,45)(H,46,47,48)(H,49,50,51)/b15-13+,31-14-,33-16+. The highest BCUT2D eigenvalue weighted by atomic mass is 35.5. The van der Waals surface area contributed by atoms with Gasteiger partial charge < -0.3 is 19.3 Å². The average molecular weight is 893 g/mol. The van der Waals surface area contributed by atoms with E-state index in [0.29, 0.717) is 54.1 Å². The van der Waals surface area contributed by atoms with Crippen LogP contribution in [-0.4, -0.2) is 89.3 Å². The molecular weight excluding hydrogens is 848 g/mol. The molecule has 0 spiro atoms. The second kappa shape index (κ2) is 16.3. The van der Waals surface area contributed by atoms with Crippen molar-refractivity contribution in [1.29, 1.82) is 0 Å². The fourth-order valence-corrected chi connectivity index (χ4v) is 9.79. The summed E-state index contributed by atoms with van der Waals surface area (Å²) < 4.78 is 143. The second-order valence-corrected chi connectivity index (χ2v) is 21.3. The maximum atomic E-state index is 12.0. The molecule has 16 nitrogen and oxygen atoms in total. The number of rotatable bonds is 15. The Bertz CT molecular complexity index is 2490. The molecule has 2 aromatic rings. The summed E-state index contributed by atoms with van der Waals surface area (Å²) in [4.78, 5) is 3.28. The van der Waals surface area contributed by atoms with Crippen LogP contribution in [0.15, 0.2) is 92.7 Å². The number of ether oxygens (including phenoxy) is 2. The molecule has 2 aromatic carbocycles. The smallest absolute Gasteiger partial charge is 0.294 e. The van der Waals surface area contributed by atoms with Gasteiger partial charge in [-0.05, 0) is 91.4 Å². The van der Waals surface area contributed by atoms with Crippen LogP contribution in [0.4, 0.5) is 11.4 Å². The van der Waals surface area contributed by atoms with Gasteiger partial charge in [0, 0.05) is 41.0 Å². The summed E-state index contributed by atoms with van der Waals surface area (Å²) in [5, 5.41) is 0.0951. The molecule has 3 aliphatic rings. The van der Waals surface area contributed by atoms with Crippen LogP contribution >= 0.6 is 11.6 Å². The average Bonchev–Trinajstić information content (AvgIpc) is 3.43. The van der Waals surface area contributed by atoms with E-state index in [-0.39, 0.29) is 46.0 Å².